The Kier molecular flexibility index (Phi) is 6.65. The number of nitrogens with one attached hydrogen (secondary N) is 1. The minimum Gasteiger partial charge on any atom is -0.316 e. The standard InChI is InChI=1S/C16H34N2/c1-6-15-8-9-18(11-15)13-16(5,7-2)12-17-10-14(3)4/h14-15,17H,6-13H2,1-5H3. The van der Waals surface area contributed by atoms with Gasteiger partial charge >= 0.3 is 0 Å². The van der Waals surface area contributed by atoms with Crippen molar-refractivity contribution in [2.75, 3.05) is 32.7 Å². The molecule has 0 bridgehead atoms. The highest BCUT2D eigenvalue weighted by molar-refractivity contribution is 4.84. The Hall–Kier alpha value is -0.0800. The second-order valence-electron chi connectivity index (χ2n) is 6.99. The molecule has 0 saturated carbocycles. The van der Waals surface area contributed by atoms with Crippen LogP contribution < -0.4 is 5.32 Å². The second kappa shape index (κ2) is 7.49. The maximum atomic E-state index is 3.65. The van der Waals surface area contributed by atoms with Crippen LogP contribution in [0.4, 0.5) is 0 Å². The molecule has 0 spiro atoms. The molecule has 18 heavy (non-hydrogen) atoms. The predicted octanol–water partition coefficient (Wildman–Crippen LogP) is 3.38. The molecule has 0 aliphatic carbocycles. The van der Waals surface area contributed by atoms with E-state index in [0.29, 0.717) is 5.41 Å². The van der Waals surface area contributed by atoms with E-state index in [1.165, 1.54) is 38.9 Å². The van der Waals surface area contributed by atoms with E-state index in [0.717, 1.165) is 24.9 Å². The highest BCUT2D eigenvalue weighted by atomic mass is 15.2. The third kappa shape index (κ3) is 5.27. The molecule has 1 saturated heterocycles. The molecule has 0 radical (unpaired) electrons. The van der Waals surface area contributed by atoms with E-state index >= 15 is 0 Å². The van der Waals surface area contributed by atoms with E-state index in [9.17, 15) is 0 Å². The first-order valence-electron chi connectivity index (χ1n) is 7.92. The zero-order valence-corrected chi connectivity index (χ0v) is 13.3. The van der Waals surface area contributed by atoms with Crippen LogP contribution in [0.3, 0.4) is 0 Å². The van der Waals surface area contributed by atoms with Crippen LogP contribution in [0.15, 0.2) is 0 Å². The lowest BCUT2D eigenvalue weighted by Gasteiger charge is -2.33. The van der Waals surface area contributed by atoms with E-state index < -0.39 is 0 Å². The predicted molar refractivity (Wildman–Crippen MR) is 80.9 cm³/mol. The summed E-state index contributed by atoms with van der Waals surface area (Å²) in [6.07, 6.45) is 4.03. The van der Waals surface area contributed by atoms with E-state index in [2.05, 4.69) is 44.8 Å². The summed E-state index contributed by atoms with van der Waals surface area (Å²) in [7, 11) is 0. The zero-order valence-electron chi connectivity index (χ0n) is 13.3. The molecule has 0 amide bonds. The first kappa shape index (κ1) is 16.0. The van der Waals surface area contributed by atoms with Crippen LogP contribution in [0.25, 0.3) is 0 Å². The average Bonchev–Trinajstić information content (AvgIpc) is 2.76. The summed E-state index contributed by atoms with van der Waals surface area (Å²) in [4.78, 5) is 2.69. The second-order valence-corrected chi connectivity index (χ2v) is 6.99. The van der Waals surface area contributed by atoms with Crippen molar-refractivity contribution in [1.29, 1.82) is 0 Å². The van der Waals surface area contributed by atoms with Crippen molar-refractivity contribution >= 4 is 0 Å². The Labute approximate surface area is 115 Å². The van der Waals surface area contributed by atoms with E-state index in [1.54, 1.807) is 0 Å². The third-order valence-corrected chi connectivity index (χ3v) is 4.51. The molecule has 2 heteroatoms. The van der Waals surface area contributed by atoms with Gasteiger partial charge in [0.05, 0.1) is 0 Å². The summed E-state index contributed by atoms with van der Waals surface area (Å²) in [5, 5.41) is 3.65. The van der Waals surface area contributed by atoms with Crippen molar-refractivity contribution in [1.82, 2.24) is 10.2 Å². The highest BCUT2D eigenvalue weighted by Gasteiger charge is 2.29. The fourth-order valence-electron chi connectivity index (χ4n) is 2.88. The Morgan fingerprint density at radius 2 is 2.06 bits per heavy atom. The van der Waals surface area contributed by atoms with E-state index in [4.69, 9.17) is 0 Å². The SMILES string of the molecule is CCC1CCN(CC(C)(CC)CNCC(C)C)C1. The monoisotopic (exact) mass is 254 g/mol. The van der Waals surface area contributed by atoms with Crippen LogP contribution in [0, 0.1) is 17.3 Å². The molecule has 2 nitrogen and oxygen atoms in total. The third-order valence-electron chi connectivity index (χ3n) is 4.51. The normalized spacial score (nSPS) is 24.7. The summed E-state index contributed by atoms with van der Waals surface area (Å²) >= 11 is 0. The van der Waals surface area contributed by atoms with Crippen LogP contribution >= 0.6 is 0 Å². The van der Waals surface area contributed by atoms with Crippen LogP contribution in [-0.2, 0) is 0 Å². The molecule has 2 atom stereocenters. The summed E-state index contributed by atoms with van der Waals surface area (Å²) in [6, 6.07) is 0. The number of hydrogen-bond acceptors (Lipinski definition) is 2. The molecule has 1 heterocycles. The van der Waals surface area contributed by atoms with Crippen molar-refractivity contribution in [2.45, 2.75) is 53.9 Å². The molecule has 0 aromatic carbocycles. The van der Waals surface area contributed by atoms with Crippen molar-refractivity contribution in [3.8, 4) is 0 Å². The van der Waals surface area contributed by atoms with Gasteiger partial charge in [-0.15, -0.1) is 0 Å². The fourth-order valence-corrected chi connectivity index (χ4v) is 2.88. The van der Waals surface area contributed by atoms with Gasteiger partial charge in [0.25, 0.3) is 0 Å². The van der Waals surface area contributed by atoms with Gasteiger partial charge in [0, 0.05) is 19.6 Å². The van der Waals surface area contributed by atoms with Crippen molar-refractivity contribution in [2.24, 2.45) is 17.3 Å². The lowest BCUT2D eigenvalue weighted by atomic mass is 9.86. The Balaban J connectivity index is 2.35. The van der Waals surface area contributed by atoms with Gasteiger partial charge in [-0.25, -0.2) is 0 Å². The van der Waals surface area contributed by atoms with Crippen molar-refractivity contribution in [3.05, 3.63) is 0 Å². The number of nitrogens with zero attached hydrogens (tertiary/aromatic N) is 1. The van der Waals surface area contributed by atoms with Crippen LogP contribution in [-0.4, -0.2) is 37.6 Å². The minimum absolute atomic E-state index is 0.442. The van der Waals surface area contributed by atoms with Gasteiger partial charge in [-0.05, 0) is 43.2 Å². The topological polar surface area (TPSA) is 15.3 Å². The van der Waals surface area contributed by atoms with Gasteiger partial charge in [0.1, 0.15) is 0 Å². The Bertz CT molecular complexity index is 227. The lowest BCUT2D eigenvalue weighted by molar-refractivity contribution is 0.174. The van der Waals surface area contributed by atoms with Gasteiger partial charge < -0.3 is 10.2 Å². The van der Waals surface area contributed by atoms with Crippen molar-refractivity contribution < 1.29 is 0 Å². The van der Waals surface area contributed by atoms with Gasteiger partial charge in [0.2, 0.25) is 0 Å². The summed E-state index contributed by atoms with van der Waals surface area (Å²) in [5.74, 6) is 1.71. The summed E-state index contributed by atoms with van der Waals surface area (Å²) in [6.45, 7) is 17.9. The lowest BCUT2D eigenvalue weighted by Crippen LogP contribution is -2.42. The van der Waals surface area contributed by atoms with Crippen LogP contribution in [0.2, 0.25) is 0 Å². The van der Waals surface area contributed by atoms with Gasteiger partial charge in [0.15, 0.2) is 0 Å². The highest BCUT2D eigenvalue weighted by Crippen LogP contribution is 2.26. The first-order valence-corrected chi connectivity index (χ1v) is 7.92. The summed E-state index contributed by atoms with van der Waals surface area (Å²) in [5.41, 5.74) is 0.442. The average molecular weight is 254 g/mol. The molecular formula is C16H34N2. The molecule has 108 valence electrons. The van der Waals surface area contributed by atoms with Gasteiger partial charge in [-0.3, -0.25) is 0 Å². The molecule has 1 aliphatic rings. The number of rotatable bonds is 8. The van der Waals surface area contributed by atoms with Gasteiger partial charge in [-0.2, -0.15) is 0 Å². The van der Waals surface area contributed by atoms with Gasteiger partial charge in [-0.1, -0.05) is 41.0 Å². The molecule has 2 unspecified atom stereocenters. The number of likely N-dealkylation sites (tertiary alicyclic amines) is 1. The molecule has 1 rings (SSSR count). The van der Waals surface area contributed by atoms with Crippen LogP contribution in [0.5, 0.6) is 0 Å². The molecule has 1 N–H and O–H groups in total. The minimum atomic E-state index is 0.442. The Morgan fingerprint density at radius 3 is 2.56 bits per heavy atom. The smallest absolute Gasteiger partial charge is 0.00475 e. The van der Waals surface area contributed by atoms with Crippen LogP contribution in [0.1, 0.15) is 53.9 Å². The number of hydrogen-bond donors (Lipinski definition) is 1. The maximum Gasteiger partial charge on any atom is 0.00475 e. The molecule has 0 aromatic heterocycles. The Morgan fingerprint density at radius 1 is 1.33 bits per heavy atom. The maximum absolute atomic E-state index is 3.65. The zero-order chi connectivity index (χ0) is 13.6. The summed E-state index contributed by atoms with van der Waals surface area (Å²) < 4.78 is 0. The molecule has 0 aromatic rings. The van der Waals surface area contributed by atoms with E-state index in [1.807, 2.05) is 0 Å². The quantitative estimate of drug-likeness (QED) is 0.714. The molecule has 1 fully saturated rings. The largest absolute Gasteiger partial charge is 0.316 e. The fraction of sp³-hybridized carbons (Fsp3) is 1.00. The van der Waals surface area contributed by atoms with E-state index in [-0.39, 0.29) is 0 Å². The van der Waals surface area contributed by atoms with Crippen molar-refractivity contribution in [3.63, 3.8) is 0 Å². The first-order chi connectivity index (χ1) is 8.49. The molecular weight excluding hydrogens is 220 g/mol. The molecule has 1 aliphatic heterocycles.